The molecule has 0 fully saturated rings. The molecule has 7 heteroatoms. The van der Waals surface area contributed by atoms with Crippen LogP contribution in [-0.4, -0.2) is 31.3 Å². The van der Waals surface area contributed by atoms with Gasteiger partial charge in [-0.05, 0) is 29.8 Å². The lowest BCUT2D eigenvalue weighted by Gasteiger charge is -2.19. The third-order valence-corrected chi connectivity index (χ3v) is 5.37. The molecule has 3 rings (SSSR count). The Morgan fingerprint density at radius 2 is 1.70 bits per heavy atom. The highest BCUT2D eigenvalue weighted by Crippen LogP contribution is 2.21. The van der Waals surface area contributed by atoms with Gasteiger partial charge in [0, 0.05) is 19.8 Å². The Kier molecular flexibility index (Phi) is 5.52. The van der Waals surface area contributed by atoms with Gasteiger partial charge in [0.15, 0.2) is 0 Å². The third kappa shape index (κ3) is 4.51. The molecule has 0 radical (unpaired) electrons. The summed E-state index contributed by atoms with van der Waals surface area (Å²) in [6.45, 7) is 0.379. The van der Waals surface area contributed by atoms with E-state index in [0.717, 1.165) is 5.56 Å². The smallest absolute Gasteiger partial charge is 0.262 e. The van der Waals surface area contributed by atoms with E-state index in [2.05, 4.69) is 9.71 Å². The molecule has 6 nitrogen and oxygen atoms in total. The summed E-state index contributed by atoms with van der Waals surface area (Å²) in [4.78, 5) is 18.2. The monoisotopic (exact) mass is 381 g/mol. The molecule has 1 amide bonds. The molecule has 0 atom stereocenters. The fourth-order valence-corrected chi connectivity index (χ4v) is 3.89. The first-order valence-electron chi connectivity index (χ1n) is 8.28. The molecule has 0 saturated carbocycles. The van der Waals surface area contributed by atoms with Crippen molar-refractivity contribution in [1.29, 1.82) is 0 Å². The predicted octanol–water partition coefficient (Wildman–Crippen LogP) is 3.15. The minimum absolute atomic E-state index is 0.0706. The Balaban J connectivity index is 1.88. The second-order valence-corrected chi connectivity index (χ2v) is 7.64. The standard InChI is InChI=1S/C20H19N3O3S/c1-23(15-16-8-3-2-4-9-16)20(24)18-11-5-6-12-19(18)27(25,26)22-17-10-7-13-21-14-17/h2-14,22H,15H2,1H3. The van der Waals surface area contributed by atoms with Crippen molar-refractivity contribution in [2.24, 2.45) is 0 Å². The molecule has 0 aliphatic carbocycles. The maximum Gasteiger partial charge on any atom is 0.262 e. The summed E-state index contributed by atoms with van der Waals surface area (Å²) in [7, 11) is -2.29. The molecule has 0 saturated heterocycles. The van der Waals surface area contributed by atoms with Gasteiger partial charge in [-0.25, -0.2) is 8.42 Å². The van der Waals surface area contributed by atoms with E-state index in [-0.39, 0.29) is 16.4 Å². The van der Waals surface area contributed by atoms with Crippen molar-refractivity contribution in [2.45, 2.75) is 11.4 Å². The Labute approximate surface area is 158 Å². The highest BCUT2D eigenvalue weighted by atomic mass is 32.2. The molecule has 0 bridgehead atoms. The van der Waals surface area contributed by atoms with E-state index in [4.69, 9.17) is 0 Å². The van der Waals surface area contributed by atoms with Crippen LogP contribution in [0.4, 0.5) is 5.69 Å². The Morgan fingerprint density at radius 1 is 1.00 bits per heavy atom. The topological polar surface area (TPSA) is 79.4 Å². The van der Waals surface area contributed by atoms with Crippen LogP contribution in [0.5, 0.6) is 0 Å². The molecule has 1 N–H and O–H groups in total. The first-order valence-corrected chi connectivity index (χ1v) is 9.77. The second kappa shape index (κ2) is 8.01. The average molecular weight is 381 g/mol. The number of amides is 1. The quantitative estimate of drug-likeness (QED) is 0.711. The Morgan fingerprint density at radius 3 is 2.41 bits per heavy atom. The maximum absolute atomic E-state index is 12.9. The largest absolute Gasteiger partial charge is 0.337 e. The van der Waals surface area contributed by atoms with Gasteiger partial charge in [-0.3, -0.25) is 14.5 Å². The van der Waals surface area contributed by atoms with Crippen molar-refractivity contribution in [3.05, 3.63) is 90.3 Å². The van der Waals surface area contributed by atoms with Crippen LogP contribution >= 0.6 is 0 Å². The lowest BCUT2D eigenvalue weighted by atomic mass is 10.1. The first kappa shape index (κ1) is 18.6. The number of anilines is 1. The number of nitrogens with one attached hydrogen (secondary N) is 1. The second-order valence-electron chi connectivity index (χ2n) is 5.99. The molecule has 1 aromatic heterocycles. The molecule has 0 unspecified atom stereocenters. The van der Waals surface area contributed by atoms with Crippen LogP contribution in [0.15, 0.2) is 84.0 Å². The van der Waals surface area contributed by atoms with E-state index >= 15 is 0 Å². The summed E-state index contributed by atoms with van der Waals surface area (Å²) in [6, 6.07) is 18.9. The summed E-state index contributed by atoms with van der Waals surface area (Å²) in [6.07, 6.45) is 2.96. The minimum Gasteiger partial charge on any atom is -0.337 e. The molecule has 3 aromatic rings. The van der Waals surface area contributed by atoms with E-state index < -0.39 is 10.0 Å². The molecule has 27 heavy (non-hydrogen) atoms. The van der Waals surface area contributed by atoms with Crippen LogP contribution in [0.1, 0.15) is 15.9 Å². The number of hydrogen-bond donors (Lipinski definition) is 1. The third-order valence-electron chi connectivity index (χ3n) is 3.93. The summed E-state index contributed by atoms with van der Waals surface area (Å²) in [5.74, 6) is -0.369. The molecule has 138 valence electrons. The number of nitrogens with zero attached hydrogens (tertiary/aromatic N) is 2. The summed E-state index contributed by atoms with van der Waals surface area (Å²) < 4.78 is 28.1. The van der Waals surface area contributed by atoms with Gasteiger partial charge in [0.05, 0.1) is 17.4 Å². The van der Waals surface area contributed by atoms with Gasteiger partial charge in [-0.1, -0.05) is 42.5 Å². The van der Waals surface area contributed by atoms with Gasteiger partial charge in [0.2, 0.25) is 0 Å². The summed E-state index contributed by atoms with van der Waals surface area (Å²) in [5, 5.41) is 0. The number of benzene rings is 2. The zero-order valence-corrected chi connectivity index (χ0v) is 15.6. The Bertz CT molecular complexity index is 1020. The molecule has 0 aliphatic heterocycles. The van der Waals surface area contributed by atoms with Crippen molar-refractivity contribution in [2.75, 3.05) is 11.8 Å². The van der Waals surface area contributed by atoms with E-state index in [1.165, 1.54) is 23.2 Å². The average Bonchev–Trinajstić information content (AvgIpc) is 2.68. The number of hydrogen-bond acceptors (Lipinski definition) is 4. The van der Waals surface area contributed by atoms with Crippen LogP contribution in [-0.2, 0) is 16.6 Å². The van der Waals surface area contributed by atoms with Crippen molar-refractivity contribution in [3.8, 4) is 0 Å². The fraction of sp³-hybridized carbons (Fsp3) is 0.100. The lowest BCUT2D eigenvalue weighted by Crippen LogP contribution is -2.28. The van der Waals surface area contributed by atoms with E-state index in [1.807, 2.05) is 30.3 Å². The molecule has 0 aliphatic rings. The maximum atomic E-state index is 12.9. The van der Waals surface area contributed by atoms with Crippen molar-refractivity contribution < 1.29 is 13.2 Å². The zero-order valence-electron chi connectivity index (χ0n) is 14.7. The van der Waals surface area contributed by atoms with Crippen molar-refractivity contribution >= 4 is 21.6 Å². The highest BCUT2D eigenvalue weighted by Gasteiger charge is 2.24. The number of rotatable bonds is 6. The van der Waals surface area contributed by atoms with Crippen LogP contribution in [0.3, 0.4) is 0 Å². The molecule has 2 aromatic carbocycles. The number of pyridine rings is 1. The molecular weight excluding hydrogens is 362 g/mol. The highest BCUT2D eigenvalue weighted by molar-refractivity contribution is 7.92. The van der Waals surface area contributed by atoms with E-state index in [0.29, 0.717) is 12.2 Å². The number of carbonyl (C=O) groups is 1. The SMILES string of the molecule is CN(Cc1ccccc1)C(=O)c1ccccc1S(=O)(=O)Nc1cccnc1. The van der Waals surface area contributed by atoms with Crippen molar-refractivity contribution in [1.82, 2.24) is 9.88 Å². The van der Waals surface area contributed by atoms with Gasteiger partial charge in [0.1, 0.15) is 4.90 Å². The van der Waals surface area contributed by atoms with Crippen LogP contribution in [0, 0.1) is 0 Å². The zero-order chi connectivity index (χ0) is 19.3. The number of aromatic nitrogens is 1. The first-order chi connectivity index (χ1) is 13.0. The molecule has 0 spiro atoms. The predicted molar refractivity (Wildman–Crippen MR) is 104 cm³/mol. The normalized spacial score (nSPS) is 11.0. The Hall–Kier alpha value is -3.19. The van der Waals surface area contributed by atoms with Gasteiger partial charge in [0.25, 0.3) is 15.9 Å². The van der Waals surface area contributed by atoms with Gasteiger partial charge >= 0.3 is 0 Å². The molecular formula is C20H19N3O3S. The minimum atomic E-state index is -3.93. The summed E-state index contributed by atoms with van der Waals surface area (Å²) >= 11 is 0. The lowest BCUT2D eigenvalue weighted by molar-refractivity contribution is 0.0781. The van der Waals surface area contributed by atoms with Gasteiger partial charge in [-0.15, -0.1) is 0 Å². The molecule has 1 heterocycles. The van der Waals surface area contributed by atoms with Gasteiger partial charge in [-0.2, -0.15) is 0 Å². The van der Waals surface area contributed by atoms with E-state index in [9.17, 15) is 13.2 Å². The van der Waals surface area contributed by atoms with Crippen LogP contribution < -0.4 is 4.72 Å². The number of sulfonamides is 1. The van der Waals surface area contributed by atoms with Crippen LogP contribution in [0.2, 0.25) is 0 Å². The fourth-order valence-electron chi connectivity index (χ4n) is 2.65. The van der Waals surface area contributed by atoms with Gasteiger partial charge < -0.3 is 4.90 Å². The summed E-state index contributed by atoms with van der Waals surface area (Å²) in [5.41, 5.74) is 1.41. The van der Waals surface area contributed by atoms with E-state index in [1.54, 1.807) is 37.5 Å². The van der Waals surface area contributed by atoms with Crippen molar-refractivity contribution in [3.63, 3.8) is 0 Å². The van der Waals surface area contributed by atoms with Crippen LogP contribution in [0.25, 0.3) is 0 Å². The number of carbonyl (C=O) groups excluding carboxylic acids is 1.